The van der Waals surface area contributed by atoms with Gasteiger partial charge in [-0.1, -0.05) is 0 Å². The van der Waals surface area contributed by atoms with E-state index in [0.717, 1.165) is 0 Å². The molecule has 2 aromatic rings. The molecule has 0 saturated carbocycles. The first-order chi connectivity index (χ1) is 9.46. The minimum Gasteiger partial charge on any atom is -0.497 e. The first kappa shape index (κ1) is 14.2. The number of benzene rings is 1. The monoisotopic (exact) mass is 297 g/mol. The summed E-state index contributed by atoms with van der Waals surface area (Å²) in [5, 5.41) is 3.97. The van der Waals surface area contributed by atoms with Crippen molar-refractivity contribution in [2.75, 3.05) is 18.9 Å². The standard InChI is InChI=1S/C12H15N3O4S/c1-15-7-6-12(13-15)14-20(16,17)11-5-4-9(18-2)8-10(11)19-3/h4-8H,1-3H3,(H,13,14). The number of nitrogens with one attached hydrogen (secondary N) is 1. The lowest BCUT2D eigenvalue weighted by molar-refractivity contribution is 0.386. The van der Waals surface area contributed by atoms with Crippen molar-refractivity contribution in [3.8, 4) is 11.5 Å². The van der Waals surface area contributed by atoms with E-state index in [1.807, 2.05) is 0 Å². The minimum atomic E-state index is -3.77. The molecule has 0 atom stereocenters. The summed E-state index contributed by atoms with van der Waals surface area (Å²) in [5.41, 5.74) is 0. The quantitative estimate of drug-likeness (QED) is 0.897. The lowest BCUT2D eigenvalue weighted by Crippen LogP contribution is -2.14. The largest absolute Gasteiger partial charge is 0.497 e. The fraction of sp³-hybridized carbons (Fsp3) is 0.250. The number of ether oxygens (including phenoxy) is 2. The Labute approximate surface area is 117 Å². The number of rotatable bonds is 5. The van der Waals surface area contributed by atoms with E-state index >= 15 is 0 Å². The fourth-order valence-corrected chi connectivity index (χ4v) is 2.81. The Kier molecular flexibility index (Phi) is 3.84. The molecule has 7 nitrogen and oxygen atoms in total. The molecule has 108 valence electrons. The highest BCUT2D eigenvalue weighted by molar-refractivity contribution is 7.92. The SMILES string of the molecule is COc1ccc(S(=O)(=O)Nc2ccn(C)n2)c(OC)c1. The van der Waals surface area contributed by atoms with Gasteiger partial charge in [0.2, 0.25) is 0 Å². The number of anilines is 1. The van der Waals surface area contributed by atoms with Crippen LogP contribution in [0.2, 0.25) is 0 Å². The highest BCUT2D eigenvalue weighted by Crippen LogP contribution is 2.29. The molecule has 0 unspecified atom stereocenters. The molecule has 0 spiro atoms. The molecule has 2 rings (SSSR count). The predicted octanol–water partition coefficient (Wildman–Crippen LogP) is 1.24. The maximum absolute atomic E-state index is 12.3. The van der Waals surface area contributed by atoms with Gasteiger partial charge in [-0.05, 0) is 12.1 Å². The average Bonchev–Trinajstić information content (AvgIpc) is 2.82. The predicted molar refractivity (Wildman–Crippen MR) is 73.6 cm³/mol. The van der Waals surface area contributed by atoms with Crippen LogP contribution >= 0.6 is 0 Å². The Bertz CT molecular complexity index is 709. The number of aromatic nitrogens is 2. The summed E-state index contributed by atoms with van der Waals surface area (Å²) in [7, 11) is 0.819. The van der Waals surface area contributed by atoms with E-state index in [1.54, 1.807) is 25.4 Å². The summed E-state index contributed by atoms with van der Waals surface area (Å²) in [5.74, 6) is 0.955. The Balaban J connectivity index is 2.38. The van der Waals surface area contributed by atoms with Gasteiger partial charge in [0, 0.05) is 25.4 Å². The molecule has 0 saturated heterocycles. The molecule has 0 bridgehead atoms. The summed E-state index contributed by atoms with van der Waals surface area (Å²) in [4.78, 5) is 0.0199. The van der Waals surface area contributed by atoms with E-state index in [9.17, 15) is 8.42 Å². The van der Waals surface area contributed by atoms with E-state index in [-0.39, 0.29) is 16.5 Å². The zero-order valence-corrected chi connectivity index (χ0v) is 12.1. The van der Waals surface area contributed by atoms with Crippen LogP contribution in [0, 0.1) is 0 Å². The Morgan fingerprint density at radius 2 is 1.95 bits per heavy atom. The van der Waals surface area contributed by atoms with Gasteiger partial charge in [0.25, 0.3) is 10.0 Å². The highest BCUT2D eigenvalue weighted by atomic mass is 32.2. The van der Waals surface area contributed by atoms with Crippen LogP contribution in [0.3, 0.4) is 0 Å². The Hall–Kier alpha value is -2.22. The molecular weight excluding hydrogens is 282 g/mol. The Morgan fingerprint density at radius 1 is 1.20 bits per heavy atom. The summed E-state index contributed by atoms with van der Waals surface area (Å²) in [6.45, 7) is 0. The third-order valence-corrected chi connectivity index (χ3v) is 4.01. The maximum atomic E-state index is 12.3. The van der Waals surface area contributed by atoms with E-state index in [2.05, 4.69) is 9.82 Å². The molecule has 0 aliphatic carbocycles. The van der Waals surface area contributed by atoms with Gasteiger partial charge in [-0.3, -0.25) is 9.40 Å². The normalized spacial score (nSPS) is 11.2. The van der Waals surface area contributed by atoms with Crippen LogP contribution in [0.1, 0.15) is 0 Å². The third kappa shape index (κ3) is 2.85. The van der Waals surface area contributed by atoms with Crippen molar-refractivity contribution >= 4 is 15.8 Å². The van der Waals surface area contributed by atoms with Crippen molar-refractivity contribution in [3.05, 3.63) is 30.5 Å². The molecule has 8 heteroatoms. The van der Waals surface area contributed by atoms with Gasteiger partial charge in [-0.25, -0.2) is 8.42 Å². The van der Waals surface area contributed by atoms with Crippen LogP contribution in [-0.4, -0.2) is 32.4 Å². The van der Waals surface area contributed by atoms with Crippen LogP contribution in [0.5, 0.6) is 11.5 Å². The van der Waals surface area contributed by atoms with Gasteiger partial charge in [-0.15, -0.1) is 0 Å². The molecule has 0 aliphatic heterocycles. The molecule has 20 heavy (non-hydrogen) atoms. The number of aryl methyl sites for hydroxylation is 1. The van der Waals surface area contributed by atoms with Crippen LogP contribution in [0.15, 0.2) is 35.4 Å². The lowest BCUT2D eigenvalue weighted by Gasteiger charge is -2.11. The van der Waals surface area contributed by atoms with Crippen molar-refractivity contribution in [1.29, 1.82) is 0 Å². The van der Waals surface area contributed by atoms with Gasteiger partial charge >= 0.3 is 0 Å². The number of hydrogen-bond donors (Lipinski definition) is 1. The van der Waals surface area contributed by atoms with Crippen molar-refractivity contribution in [2.24, 2.45) is 7.05 Å². The molecule has 1 aromatic carbocycles. The van der Waals surface area contributed by atoms with Crippen molar-refractivity contribution in [3.63, 3.8) is 0 Å². The second kappa shape index (κ2) is 5.41. The van der Waals surface area contributed by atoms with Crippen LogP contribution in [0.4, 0.5) is 5.82 Å². The second-order valence-corrected chi connectivity index (χ2v) is 5.65. The summed E-state index contributed by atoms with van der Waals surface area (Å²) < 4.78 is 38.6. The third-order valence-electron chi connectivity index (χ3n) is 2.61. The van der Waals surface area contributed by atoms with Crippen LogP contribution < -0.4 is 14.2 Å². The molecular formula is C12H15N3O4S. The molecule has 1 heterocycles. The van der Waals surface area contributed by atoms with Gasteiger partial charge < -0.3 is 9.47 Å². The van der Waals surface area contributed by atoms with Gasteiger partial charge in [-0.2, -0.15) is 5.10 Å². The van der Waals surface area contributed by atoms with E-state index in [1.165, 1.54) is 31.0 Å². The van der Waals surface area contributed by atoms with Gasteiger partial charge in [0.15, 0.2) is 5.82 Å². The van der Waals surface area contributed by atoms with Gasteiger partial charge in [0.1, 0.15) is 16.4 Å². The Morgan fingerprint density at radius 3 is 2.50 bits per heavy atom. The van der Waals surface area contributed by atoms with Crippen LogP contribution in [-0.2, 0) is 17.1 Å². The van der Waals surface area contributed by atoms with Crippen LogP contribution in [0.25, 0.3) is 0 Å². The van der Waals surface area contributed by atoms with Crippen molar-refractivity contribution in [1.82, 2.24) is 9.78 Å². The van der Waals surface area contributed by atoms with E-state index < -0.39 is 10.0 Å². The first-order valence-corrected chi connectivity index (χ1v) is 7.19. The zero-order valence-electron chi connectivity index (χ0n) is 11.3. The molecule has 0 amide bonds. The lowest BCUT2D eigenvalue weighted by atomic mass is 10.3. The summed E-state index contributed by atoms with van der Waals surface area (Å²) in [6.07, 6.45) is 1.64. The average molecular weight is 297 g/mol. The molecule has 1 N–H and O–H groups in total. The van der Waals surface area contributed by atoms with E-state index in [4.69, 9.17) is 9.47 Å². The molecule has 0 aliphatic rings. The molecule has 0 radical (unpaired) electrons. The first-order valence-electron chi connectivity index (χ1n) is 5.71. The minimum absolute atomic E-state index is 0.0199. The molecule has 1 aromatic heterocycles. The fourth-order valence-electron chi connectivity index (χ4n) is 1.66. The van der Waals surface area contributed by atoms with Crippen molar-refractivity contribution < 1.29 is 17.9 Å². The second-order valence-electron chi connectivity index (χ2n) is 4.00. The summed E-state index contributed by atoms with van der Waals surface area (Å²) in [6, 6.07) is 6.04. The van der Waals surface area contributed by atoms with Gasteiger partial charge in [0.05, 0.1) is 14.2 Å². The van der Waals surface area contributed by atoms with E-state index in [0.29, 0.717) is 5.75 Å². The smallest absolute Gasteiger partial charge is 0.266 e. The zero-order chi connectivity index (χ0) is 14.8. The highest BCUT2D eigenvalue weighted by Gasteiger charge is 2.21. The number of sulfonamides is 1. The van der Waals surface area contributed by atoms with Crippen molar-refractivity contribution in [2.45, 2.75) is 4.90 Å². The number of hydrogen-bond acceptors (Lipinski definition) is 5. The maximum Gasteiger partial charge on any atom is 0.266 e. The summed E-state index contributed by atoms with van der Waals surface area (Å²) >= 11 is 0. The molecule has 0 fully saturated rings. The number of nitrogens with zero attached hydrogens (tertiary/aromatic N) is 2. The topological polar surface area (TPSA) is 82.5 Å². The number of methoxy groups -OCH3 is 2.